The lowest BCUT2D eigenvalue weighted by Gasteiger charge is -2.27. The summed E-state index contributed by atoms with van der Waals surface area (Å²) in [4.78, 5) is 14.2. The summed E-state index contributed by atoms with van der Waals surface area (Å²) in [6.45, 7) is 6.13. The molecule has 1 aromatic rings. The van der Waals surface area contributed by atoms with Crippen LogP contribution in [0.5, 0.6) is 0 Å². The summed E-state index contributed by atoms with van der Waals surface area (Å²) in [5.41, 5.74) is 1.15. The number of carbonyl (C=O) groups is 1. The van der Waals surface area contributed by atoms with Crippen molar-refractivity contribution in [2.45, 2.75) is 45.4 Å². The molecule has 0 spiro atoms. The predicted molar refractivity (Wildman–Crippen MR) is 79.5 cm³/mol. The highest BCUT2D eigenvalue weighted by molar-refractivity contribution is 5.74. The van der Waals surface area contributed by atoms with Gasteiger partial charge in [0, 0.05) is 25.7 Å². The summed E-state index contributed by atoms with van der Waals surface area (Å²) >= 11 is 0. The Labute approximate surface area is 121 Å². The Bertz CT molecular complexity index is 414. The van der Waals surface area contributed by atoms with E-state index in [9.17, 15) is 4.79 Å². The van der Waals surface area contributed by atoms with E-state index in [0.29, 0.717) is 13.1 Å². The molecule has 1 fully saturated rings. The highest BCUT2D eigenvalue weighted by Gasteiger charge is 2.20. The maximum absolute atomic E-state index is 12.3. The zero-order valence-electron chi connectivity index (χ0n) is 12.3. The van der Waals surface area contributed by atoms with Crippen LogP contribution in [0.2, 0.25) is 0 Å². The zero-order valence-corrected chi connectivity index (χ0v) is 12.3. The van der Waals surface area contributed by atoms with E-state index in [-0.39, 0.29) is 18.2 Å². The Balaban J connectivity index is 1.88. The molecule has 4 heteroatoms. The lowest BCUT2D eigenvalue weighted by molar-refractivity contribution is 0.107. The third kappa shape index (κ3) is 4.23. The van der Waals surface area contributed by atoms with Crippen LogP contribution in [0.1, 0.15) is 32.3 Å². The molecule has 1 aromatic carbocycles. The van der Waals surface area contributed by atoms with Crippen LogP contribution in [0.25, 0.3) is 0 Å². The van der Waals surface area contributed by atoms with Gasteiger partial charge in [0.1, 0.15) is 0 Å². The molecule has 1 atom stereocenters. The summed E-state index contributed by atoms with van der Waals surface area (Å²) in [7, 11) is 0. The van der Waals surface area contributed by atoms with Gasteiger partial charge in [-0.15, -0.1) is 0 Å². The lowest BCUT2D eigenvalue weighted by atomic mass is 10.2. The quantitative estimate of drug-likeness (QED) is 0.898. The van der Waals surface area contributed by atoms with Crippen LogP contribution in [0.3, 0.4) is 0 Å². The Morgan fingerprint density at radius 2 is 2.15 bits per heavy atom. The first-order chi connectivity index (χ1) is 9.66. The van der Waals surface area contributed by atoms with Crippen LogP contribution in [-0.4, -0.2) is 36.2 Å². The van der Waals surface area contributed by atoms with Gasteiger partial charge >= 0.3 is 6.03 Å². The fourth-order valence-corrected chi connectivity index (χ4v) is 2.38. The molecule has 110 valence electrons. The minimum Gasteiger partial charge on any atom is -0.376 e. The Morgan fingerprint density at radius 1 is 1.40 bits per heavy atom. The van der Waals surface area contributed by atoms with E-state index in [1.807, 2.05) is 49.1 Å². The first-order valence-electron chi connectivity index (χ1n) is 7.37. The summed E-state index contributed by atoms with van der Waals surface area (Å²) in [6.07, 6.45) is 2.32. The van der Waals surface area contributed by atoms with Crippen molar-refractivity contribution in [3.8, 4) is 0 Å². The molecule has 0 aromatic heterocycles. The van der Waals surface area contributed by atoms with E-state index < -0.39 is 0 Å². The number of carbonyl (C=O) groups excluding carboxylic acids is 1. The standard InChI is InChI=1S/C16H24N2O2/c1-13(2)18(12-14-7-4-3-5-8-14)16(19)17-11-15-9-6-10-20-15/h3-5,7-8,13,15H,6,9-12H2,1-2H3,(H,17,19). The number of nitrogens with one attached hydrogen (secondary N) is 1. The number of hydrogen-bond acceptors (Lipinski definition) is 2. The molecular weight excluding hydrogens is 252 g/mol. The molecule has 1 aliphatic heterocycles. The van der Waals surface area contributed by atoms with E-state index in [0.717, 1.165) is 25.0 Å². The van der Waals surface area contributed by atoms with Crippen molar-refractivity contribution in [3.05, 3.63) is 35.9 Å². The van der Waals surface area contributed by atoms with Gasteiger partial charge in [-0.1, -0.05) is 30.3 Å². The molecule has 4 nitrogen and oxygen atoms in total. The summed E-state index contributed by atoms with van der Waals surface area (Å²) < 4.78 is 5.53. The lowest BCUT2D eigenvalue weighted by Crippen LogP contribution is -2.45. The normalized spacial score (nSPS) is 18.2. The van der Waals surface area contributed by atoms with Crippen molar-refractivity contribution < 1.29 is 9.53 Å². The van der Waals surface area contributed by atoms with Gasteiger partial charge in [0.2, 0.25) is 0 Å². The van der Waals surface area contributed by atoms with E-state index in [1.54, 1.807) is 0 Å². The molecule has 1 unspecified atom stereocenters. The largest absolute Gasteiger partial charge is 0.376 e. The van der Waals surface area contributed by atoms with Crippen LogP contribution in [0.15, 0.2) is 30.3 Å². The topological polar surface area (TPSA) is 41.6 Å². The van der Waals surface area contributed by atoms with Gasteiger partial charge in [0.25, 0.3) is 0 Å². The smallest absolute Gasteiger partial charge is 0.318 e. The number of ether oxygens (including phenoxy) is 1. The van der Waals surface area contributed by atoms with Gasteiger partial charge in [-0.25, -0.2) is 4.79 Å². The third-order valence-corrected chi connectivity index (χ3v) is 3.58. The molecule has 1 N–H and O–H groups in total. The molecule has 1 saturated heterocycles. The summed E-state index contributed by atoms with van der Waals surface area (Å²) in [5, 5.41) is 2.99. The Morgan fingerprint density at radius 3 is 2.75 bits per heavy atom. The van der Waals surface area contributed by atoms with Gasteiger partial charge < -0.3 is 15.0 Å². The van der Waals surface area contributed by atoms with Crippen molar-refractivity contribution in [2.75, 3.05) is 13.2 Å². The number of amides is 2. The summed E-state index contributed by atoms with van der Waals surface area (Å²) in [6, 6.07) is 10.2. The average Bonchev–Trinajstić information content (AvgIpc) is 2.96. The highest BCUT2D eigenvalue weighted by Crippen LogP contribution is 2.12. The number of rotatable bonds is 5. The van der Waals surface area contributed by atoms with Crippen LogP contribution >= 0.6 is 0 Å². The molecule has 0 radical (unpaired) electrons. The molecule has 2 amide bonds. The minimum atomic E-state index is -0.0145. The summed E-state index contributed by atoms with van der Waals surface area (Å²) in [5.74, 6) is 0. The molecule has 20 heavy (non-hydrogen) atoms. The maximum atomic E-state index is 12.3. The van der Waals surface area contributed by atoms with Crippen LogP contribution in [0.4, 0.5) is 4.79 Å². The highest BCUT2D eigenvalue weighted by atomic mass is 16.5. The molecule has 0 saturated carbocycles. The van der Waals surface area contributed by atoms with Crippen molar-refractivity contribution >= 4 is 6.03 Å². The molecule has 1 heterocycles. The van der Waals surface area contributed by atoms with E-state index in [4.69, 9.17) is 4.74 Å². The molecule has 0 aliphatic carbocycles. The maximum Gasteiger partial charge on any atom is 0.318 e. The van der Waals surface area contributed by atoms with Gasteiger partial charge in [-0.3, -0.25) is 0 Å². The monoisotopic (exact) mass is 276 g/mol. The van der Waals surface area contributed by atoms with Gasteiger partial charge in [-0.2, -0.15) is 0 Å². The van der Waals surface area contributed by atoms with E-state index >= 15 is 0 Å². The first kappa shape index (κ1) is 14.9. The van der Waals surface area contributed by atoms with Crippen molar-refractivity contribution in [3.63, 3.8) is 0 Å². The Hall–Kier alpha value is -1.55. The fraction of sp³-hybridized carbons (Fsp3) is 0.562. The molecule has 1 aliphatic rings. The second-order valence-corrected chi connectivity index (χ2v) is 5.53. The second kappa shape index (κ2) is 7.29. The molecular formula is C16H24N2O2. The van der Waals surface area contributed by atoms with E-state index in [1.165, 1.54) is 0 Å². The number of benzene rings is 1. The van der Waals surface area contributed by atoms with E-state index in [2.05, 4.69) is 5.32 Å². The molecule has 0 bridgehead atoms. The first-order valence-corrected chi connectivity index (χ1v) is 7.37. The SMILES string of the molecule is CC(C)N(Cc1ccccc1)C(=O)NCC1CCCO1. The minimum absolute atomic E-state index is 0.0145. The third-order valence-electron chi connectivity index (χ3n) is 3.58. The van der Waals surface area contributed by atoms with Crippen LogP contribution in [0, 0.1) is 0 Å². The van der Waals surface area contributed by atoms with Gasteiger partial charge in [-0.05, 0) is 32.3 Å². The van der Waals surface area contributed by atoms with Gasteiger partial charge in [0.05, 0.1) is 6.10 Å². The van der Waals surface area contributed by atoms with Crippen molar-refractivity contribution in [1.29, 1.82) is 0 Å². The zero-order chi connectivity index (χ0) is 14.4. The molecule has 2 rings (SSSR count). The van der Waals surface area contributed by atoms with Gasteiger partial charge in [0.15, 0.2) is 0 Å². The van der Waals surface area contributed by atoms with Crippen molar-refractivity contribution in [1.82, 2.24) is 10.2 Å². The Kier molecular flexibility index (Phi) is 5.41. The van der Waals surface area contributed by atoms with Crippen molar-refractivity contribution in [2.24, 2.45) is 0 Å². The second-order valence-electron chi connectivity index (χ2n) is 5.53. The number of nitrogens with zero attached hydrogens (tertiary/aromatic N) is 1. The predicted octanol–water partition coefficient (Wildman–Crippen LogP) is 2.79. The average molecular weight is 276 g/mol. The fourth-order valence-electron chi connectivity index (χ4n) is 2.38. The van der Waals surface area contributed by atoms with Crippen LogP contribution in [-0.2, 0) is 11.3 Å². The van der Waals surface area contributed by atoms with Crippen LogP contribution < -0.4 is 5.32 Å². The number of hydrogen-bond donors (Lipinski definition) is 1. The number of urea groups is 1.